The fraction of sp³-hybridized carbons (Fsp3) is 0.833. The van der Waals surface area contributed by atoms with Crippen molar-refractivity contribution in [1.29, 1.82) is 0 Å². The molecule has 1 saturated carbocycles. The lowest BCUT2D eigenvalue weighted by Gasteiger charge is -2.41. The van der Waals surface area contributed by atoms with Gasteiger partial charge in [-0.2, -0.15) is 0 Å². The lowest BCUT2D eigenvalue weighted by molar-refractivity contribution is -0.153. The first-order valence-electron chi connectivity index (χ1n) is 6.21. The Morgan fingerprint density at radius 3 is 2.65 bits per heavy atom. The van der Waals surface area contributed by atoms with Crippen LogP contribution >= 0.6 is 0 Å². The van der Waals surface area contributed by atoms with Crippen molar-refractivity contribution in [2.45, 2.75) is 57.3 Å². The Balaban J connectivity index is 2.21. The van der Waals surface area contributed by atoms with Crippen molar-refractivity contribution in [3.05, 3.63) is 0 Å². The molecule has 2 aliphatic rings. The van der Waals surface area contributed by atoms with Crippen molar-refractivity contribution in [1.82, 2.24) is 10.2 Å². The molecule has 96 valence electrons. The molecule has 4 atom stereocenters. The molecule has 0 radical (unpaired) electrons. The van der Waals surface area contributed by atoms with Crippen LogP contribution in [-0.2, 0) is 14.3 Å². The molecule has 0 aromatic rings. The van der Waals surface area contributed by atoms with E-state index in [1.165, 1.54) is 0 Å². The van der Waals surface area contributed by atoms with Gasteiger partial charge in [-0.25, -0.2) is 0 Å². The first-order valence-corrected chi connectivity index (χ1v) is 6.21. The molecule has 0 aromatic heterocycles. The molecular formula is C12H20N2O3. The van der Waals surface area contributed by atoms with Gasteiger partial charge >= 0.3 is 0 Å². The van der Waals surface area contributed by atoms with E-state index in [2.05, 4.69) is 5.32 Å². The molecule has 2 amide bonds. The van der Waals surface area contributed by atoms with Crippen LogP contribution in [0.1, 0.15) is 33.1 Å². The zero-order valence-electron chi connectivity index (χ0n) is 10.6. The first-order chi connectivity index (χ1) is 8.06. The molecule has 1 N–H and O–H groups in total. The van der Waals surface area contributed by atoms with Crippen LogP contribution < -0.4 is 5.32 Å². The molecule has 5 nitrogen and oxygen atoms in total. The van der Waals surface area contributed by atoms with E-state index in [0.717, 1.165) is 19.3 Å². The van der Waals surface area contributed by atoms with E-state index >= 15 is 0 Å². The number of ether oxygens (including phenoxy) is 1. The van der Waals surface area contributed by atoms with Gasteiger partial charge in [-0.1, -0.05) is 0 Å². The smallest absolute Gasteiger partial charge is 0.245 e. The van der Waals surface area contributed by atoms with Crippen LogP contribution in [0.25, 0.3) is 0 Å². The van der Waals surface area contributed by atoms with Crippen molar-refractivity contribution in [3.8, 4) is 0 Å². The molecule has 1 aliphatic heterocycles. The zero-order valence-corrected chi connectivity index (χ0v) is 10.6. The largest absolute Gasteiger partial charge is 0.379 e. The molecule has 0 bridgehead atoms. The van der Waals surface area contributed by atoms with Gasteiger partial charge in [-0.3, -0.25) is 9.59 Å². The van der Waals surface area contributed by atoms with Gasteiger partial charge in [0.2, 0.25) is 11.8 Å². The predicted molar refractivity (Wildman–Crippen MR) is 62.3 cm³/mol. The standard InChI is InChI=1S/C12H20N2O3/c1-7-12(16)14(8(2)11(15)13-7)9-5-4-6-10(9)17-3/h7-10H,4-6H2,1-3H3,(H,13,15). The summed E-state index contributed by atoms with van der Waals surface area (Å²) in [5, 5.41) is 2.69. The highest BCUT2D eigenvalue weighted by atomic mass is 16.5. The molecule has 4 unspecified atom stereocenters. The Morgan fingerprint density at radius 1 is 1.29 bits per heavy atom. The summed E-state index contributed by atoms with van der Waals surface area (Å²) in [7, 11) is 1.67. The first kappa shape index (κ1) is 12.4. The molecule has 2 rings (SSSR count). The molecule has 1 heterocycles. The number of piperazine rings is 1. The van der Waals surface area contributed by atoms with E-state index in [4.69, 9.17) is 4.74 Å². The molecule has 0 spiro atoms. The summed E-state index contributed by atoms with van der Waals surface area (Å²) in [5.74, 6) is -0.0649. The van der Waals surface area contributed by atoms with E-state index in [1.54, 1.807) is 25.9 Å². The van der Waals surface area contributed by atoms with E-state index in [9.17, 15) is 9.59 Å². The van der Waals surface area contributed by atoms with E-state index in [-0.39, 0.29) is 30.0 Å². The zero-order chi connectivity index (χ0) is 12.6. The number of nitrogens with zero attached hydrogens (tertiary/aromatic N) is 1. The monoisotopic (exact) mass is 240 g/mol. The van der Waals surface area contributed by atoms with Gasteiger partial charge in [0.15, 0.2) is 0 Å². The highest BCUT2D eigenvalue weighted by Crippen LogP contribution is 2.29. The summed E-state index contributed by atoms with van der Waals surface area (Å²) in [4.78, 5) is 25.7. The Kier molecular flexibility index (Phi) is 3.38. The second-order valence-corrected chi connectivity index (χ2v) is 4.92. The topological polar surface area (TPSA) is 58.6 Å². The van der Waals surface area contributed by atoms with E-state index in [1.807, 2.05) is 0 Å². The van der Waals surface area contributed by atoms with Crippen molar-refractivity contribution in [2.75, 3.05) is 7.11 Å². The van der Waals surface area contributed by atoms with E-state index in [0.29, 0.717) is 0 Å². The predicted octanol–water partition coefficient (Wildman–Crippen LogP) is 0.289. The number of nitrogens with one attached hydrogen (secondary N) is 1. The highest BCUT2D eigenvalue weighted by Gasteiger charge is 2.44. The number of rotatable bonds is 2. The summed E-state index contributed by atoms with van der Waals surface area (Å²) >= 11 is 0. The van der Waals surface area contributed by atoms with Gasteiger partial charge in [0, 0.05) is 7.11 Å². The summed E-state index contributed by atoms with van der Waals surface area (Å²) < 4.78 is 5.42. The van der Waals surface area contributed by atoms with Gasteiger partial charge in [0.25, 0.3) is 0 Å². The number of carbonyl (C=O) groups is 2. The third kappa shape index (κ3) is 2.04. The van der Waals surface area contributed by atoms with Gasteiger partial charge in [-0.15, -0.1) is 0 Å². The molecule has 17 heavy (non-hydrogen) atoms. The molecular weight excluding hydrogens is 220 g/mol. The van der Waals surface area contributed by atoms with Crippen molar-refractivity contribution >= 4 is 11.8 Å². The summed E-state index contributed by atoms with van der Waals surface area (Å²) in [6, 6.07) is -0.757. The van der Waals surface area contributed by atoms with Crippen LogP contribution in [0.4, 0.5) is 0 Å². The third-order valence-corrected chi connectivity index (χ3v) is 3.86. The maximum atomic E-state index is 12.2. The maximum Gasteiger partial charge on any atom is 0.245 e. The van der Waals surface area contributed by atoms with Crippen LogP contribution in [-0.4, -0.2) is 48.1 Å². The molecule has 1 aliphatic carbocycles. The van der Waals surface area contributed by atoms with Crippen LogP contribution in [0.2, 0.25) is 0 Å². The lowest BCUT2D eigenvalue weighted by Crippen LogP contribution is -2.65. The highest BCUT2D eigenvalue weighted by molar-refractivity contribution is 5.96. The van der Waals surface area contributed by atoms with Crippen LogP contribution in [0.5, 0.6) is 0 Å². The Labute approximate surface area is 101 Å². The number of carbonyl (C=O) groups excluding carboxylic acids is 2. The Morgan fingerprint density at radius 2 is 2.00 bits per heavy atom. The SMILES string of the molecule is COC1CCCC1N1C(=O)C(C)NC(=O)C1C. The van der Waals surface area contributed by atoms with Crippen molar-refractivity contribution in [2.24, 2.45) is 0 Å². The number of hydrogen-bond donors (Lipinski definition) is 1. The van der Waals surface area contributed by atoms with Crippen LogP contribution in [0, 0.1) is 0 Å². The fourth-order valence-electron chi connectivity index (χ4n) is 2.89. The molecule has 0 aromatic carbocycles. The van der Waals surface area contributed by atoms with Gasteiger partial charge < -0.3 is 15.0 Å². The van der Waals surface area contributed by atoms with Crippen LogP contribution in [0.3, 0.4) is 0 Å². The van der Waals surface area contributed by atoms with Gasteiger partial charge in [0.1, 0.15) is 12.1 Å². The number of hydrogen-bond acceptors (Lipinski definition) is 3. The average molecular weight is 240 g/mol. The van der Waals surface area contributed by atoms with Gasteiger partial charge in [-0.05, 0) is 33.1 Å². The Hall–Kier alpha value is -1.10. The quantitative estimate of drug-likeness (QED) is 0.754. The van der Waals surface area contributed by atoms with Crippen LogP contribution in [0.15, 0.2) is 0 Å². The van der Waals surface area contributed by atoms with Crippen molar-refractivity contribution in [3.63, 3.8) is 0 Å². The summed E-state index contributed by atoms with van der Waals surface area (Å²) in [6.07, 6.45) is 3.01. The minimum absolute atomic E-state index is 0.00560. The minimum atomic E-state index is -0.420. The molecule has 1 saturated heterocycles. The Bertz CT molecular complexity index is 332. The number of methoxy groups -OCH3 is 1. The fourth-order valence-corrected chi connectivity index (χ4v) is 2.89. The maximum absolute atomic E-state index is 12.2. The minimum Gasteiger partial charge on any atom is -0.379 e. The van der Waals surface area contributed by atoms with Crippen molar-refractivity contribution < 1.29 is 14.3 Å². The normalized spacial score (nSPS) is 38.4. The van der Waals surface area contributed by atoms with Gasteiger partial charge in [0.05, 0.1) is 12.1 Å². The average Bonchev–Trinajstić information content (AvgIpc) is 2.75. The summed E-state index contributed by atoms with van der Waals surface area (Å²) in [6.45, 7) is 3.51. The number of amides is 2. The second-order valence-electron chi connectivity index (χ2n) is 4.92. The second kappa shape index (κ2) is 4.64. The molecule has 2 fully saturated rings. The lowest BCUT2D eigenvalue weighted by atomic mass is 10.0. The summed E-state index contributed by atoms with van der Waals surface area (Å²) in [5.41, 5.74) is 0. The van der Waals surface area contributed by atoms with E-state index < -0.39 is 6.04 Å². The molecule has 5 heteroatoms. The third-order valence-electron chi connectivity index (χ3n) is 3.86.